The van der Waals surface area contributed by atoms with Crippen LogP contribution >= 0.6 is 15.9 Å². The van der Waals surface area contributed by atoms with E-state index in [4.69, 9.17) is 9.47 Å². The molecule has 32 heavy (non-hydrogen) atoms. The highest BCUT2D eigenvalue weighted by Crippen LogP contribution is 2.44. The first kappa shape index (κ1) is 22.5. The Morgan fingerprint density at radius 2 is 1.84 bits per heavy atom. The summed E-state index contributed by atoms with van der Waals surface area (Å²) in [6.07, 6.45) is 0.838. The van der Waals surface area contributed by atoms with E-state index in [0.717, 1.165) is 5.56 Å². The normalized spacial score (nSPS) is 20.8. The summed E-state index contributed by atoms with van der Waals surface area (Å²) in [4.78, 5) is 25.7. The van der Waals surface area contributed by atoms with Gasteiger partial charge in [-0.2, -0.15) is 0 Å². The number of halogens is 2. The Labute approximate surface area is 195 Å². The summed E-state index contributed by atoms with van der Waals surface area (Å²) < 4.78 is 26.6. The summed E-state index contributed by atoms with van der Waals surface area (Å²) in [5, 5.41) is 2.88. The second-order valence-corrected chi connectivity index (χ2v) is 9.38. The van der Waals surface area contributed by atoms with Crippen molar-refractivity contribution in [2.45, 2.75) is 51.0 Å². The number of amides is 1. The van der Waals surface area contributed by atoms with Crippen molar-refractivity contribution in [1.29, 1.82) is 0 Å². The zero-order valence-electron chi connectivity index (χ0n) is 18.2. The van der Waals surface area contributed by atoms with Gasteiger partial charge in [0.15, 0.2) is 17.3 Å². The zero-order valence-corrected chi connectivity index (χ0v) is 19.8. The Balaban J connectivity index is 1.68. The van der Waals surface area contributed by atoms with Crippen molar-refractivity contribution in [3.8, 4) is 11.5 Å². The van der Waals surface area contributed by atoms with E-state index in [2.05, 4.69) is 21.2 Å². The fraction of sp³-hybridized carbons (Fsp3) is 0.360. The number of allylic oxidation sites excluding steroid dienone is 2. The molecule has 0 spiro atoms. The largest absolute Gasteiger partial charge is 0.493 e. The van der Waals surface area contributed by atoms with Crippen molar-refractivity contribution in [3.63, 3.8) is 0 Å². The lowest BCUT2D eigenvalue weighted by molar-refractivity contribution is -0.122. The van der Waals surface area contributed by atoms with Crippen LogP contribution in [0.2, 0.25) is 0 Å². The lowest BCUT2D eigenvalue weighted by Gasteiger charge is -2.34. The van der Waals surface area contributed by atoms with Crippen LogP contribution in [0.25, 0.3) is 0 Å². The fourth-order valence-electron chi connectivity index (χ4n) is 4.53. The van der Waals surface area contributed by atoms with Gasteiger partial charge in [-0.3, -0.25) is 9.59 Å². The lowest BCUT2D eigenvalue weighted by atomic mass is 9.73. The van der Waals surface area contributed by atoms with Gasteiger partial charge >= 0.3 is 0 Å². The third-order valence-electron chi connectivity index (χ3n) is 5.89. The molecule has 0 fully saturated rings. The molecular weight excluding hydrogens is 477 g/mol. The van der Waals surface area contributed by atoms with E-state index in [-0.39, 0.29) is 36.6 Å². The number of ether oxygens (including phenoxy) is 2. The van der Waals surface area contributed by atoms with E-state index in [1.807, 2.05) is 32.0 Å². The quantitative estimate of drug-likeness (QED) is 0.596. The van der Waals surface area contributed by atoms with Gasteiger partial charge in [-0.1, -0.05) is 22.0 Å². The Kier molecular flexibility index (Phi) is 6.38. The molecule has 168 valence electrons. The van der Waals surface area contributed by atoms with Gasteiger partial charge in [0.25, 0.3) is 0 Å². The monoisotopic (exact) mass is 501 g/mol. The molecule has 5 nitrogen and oxygen atoms in total. The molecule has 2 aliphatic rings. The molecule has 0 bridgehead atoms. The van der Waals surface area contributed by atoms with Gasteiger partial charge in [-0.25, -0.2) is 4.39 Å². The first-order valence-electron chi connectivity index (χ1n) is 10.6. The molecule has 2 atom stereocenters. The molecule has 2 aromatic rings. The van der Waals surface area contributed by atoms with Crippen LogP contribution in [-0.4, -0.2) is 24.9 Å². The van der Waals surface area contributed by atoms with Crippen molar-refractivity contribution in [1.82, 2.24) is 5.32 Å². The Morgan fingerprint density at radius 1 is 1.06 bits per heavy atom. The van der Waals surface area contributed by atoms with Gasteiger partial charge in [0.1, 0.15) is 5.82 Å². The number of hydrogen-bond donors (Lipinski definition) is 1. The average molecular weight is 502 g/mol. The molecule has 1 aliphatic carbocycles. The minimum atomic E-state index is -0.582. The van der Waals surface area contributed by atoms with E-state index in [1.54, 1.807) is 19.2 Å². The van der Waals surface area contributed by atoms with Gasteiger partial charge in [0.05, 0.1) is 13.2 Å². The van der Waals surface area contributed by atoms with Crippen molar-refractivity contribution < 1.29 is 23.5 Å². The first-order valence-corrected chi connectivity index (χ1v) is 11.4. The Bertz CT molecular complexity index is 1110. The lowest BCUT2D eigenvalue weighted by Crippen LogP contribution is -2.38. The number of methoxy groups -OCH3 is 1. The molecule has 0 saturated heterocycles. The summed E-state index contributed by atoms with van der Waals surface area (Å²) >= 11 is 3.37. The molecule has 0 saturated carbocycles. The number of carbonyl (C=O) groups is 2. The number of nitrogens with one attached hydrogen (secondary N) is 1. The smallest absolute Gasteiger partial charge is 0.225 e. The third kappa shape index (κ3) is 4.44. The van der Waals surface area contributed by atoms with Crippen molar-refractivity contribution in [2.75, 3.05) is 7.11 Å². The number of hydrogen-bond acceptors (Lipinski definition) is 4. The van der Waals surface area contributed by atoms with Gasteiger partial charge in [0, 0.05) is 34.5 Å². The van der Waals surface area contributed by atoms with Crippen LogP contribution in [0.15, 0.2) is 52.1 Å². The number of Topliss-reactive ketones (excluding diaryl/α,β-unsaturated/α-hetero) is 1. The van der Waals surface area contributed by atoms with Crippen LogP contribution in [-0.2, 0) is 9.59 Å². The van der Waals surface area contributed by atoms with Crippen LogP contribution in [0.4, 0.5) is 4.39 Å². The van der Waals surface area contributed by atoms with E-state index >= 15 is 0 Å². The van der Waals surface area contributed by atoms with Crippen molar-refractivity contribution >= 4 is 27.6 Å². The van der Waals surface area contributed by atoms with E-state index < -0.39 is 11.7 Å². The molecule has 1 heterocycles. The Morgan fingerprint density at radius 3 is 2.56 bits per heavy atom. The standard InChI is InChI=1S/C25H25BrFNO4/c1-13(2)32-22-7-4-14(10-23(22)31-3)15-8-20-25(21(29)9-15)18(12-24(30)28-20)17-11-16(26)5-6-19(17)27/h4-7,10-11,13,15,18H,8-9,12H2,1-3H3,(H,28,30). The highest BCUT2D eigenvalue weighted by Gasteiger charge is 2.39. The van der Waals surface area contributed by atoms with Crippen molar-refractivity contribution in [2.24, 2.45) is 0 Å². The molecule has 0 aromatic heterocycles. The molecular formula is C25H25BrFNO4. The second kappa shape index (κ2) is 9.06. The fourth-order valence-corrected chi connectivity index (χ4v) is 4.91. The number of ketones is 1. The molecule has 7 heteroatoms. The number of rotatable bonds is 5. The van der Waals surface area contributed by atoms with E-state index in [0.29, 0.717) is 39.2 Å². The van der Waals surface area contributed by atoms with Gasteiger partial charge < -0.3 is 14.8 Å². The maximum Gasteiger partial charge on any atom is 0.225 e. The predicted octanol–water partition coefficient (Wildman–Crippen LogP) is 5.39. The topological polar surface area (TPSA) is 64.6 Å². The maximum absolute atomic E-state index is 14.6. The minimum Gasteiger partial charge on any atom is -0.493 e. The van der Waals surface area contributed by atoms with Crippen molar-refractivity contribution in [3.05, 3.63) is 69.1 Å². The van der Waals surface area contributed by atoms with E-state index in [9.17, 15) is 14.0 Å². The maximum atomic E-state index is 14.6. The van der Waals surface area contributed by atoms with Crippen LogP contribution in [0, 0.1) is 5.82 Å². The summed E-state index contributed by atoms with van der Waals surface area (Å²) in [5.41, 5.74) is 2.41. The van der Waals surface area contributed by atoms with Crippen LogP contribution < -0.4 is 14.8 Å². The van der Waals surface area contributed by atoms with Gasteiger partial charge in [-0.15, -0.1) is 0 Å². The summed E-state index contributed by atoms with van der Waals surface area (Å²) in [7, 11) is 1.58. The second-order valence-electron chi connectivity index (χ2n) is 8.47. The molecule has 1 aliphatic heterocycles. The SMILES string of the molecule is COc1cc(C2CC(=O)C3=C(C2)NC(=O)CC3c2cc(Br)ccc2F)ccc1OC(C)C. The highest BCUT2D eigenvalue weighted by atomic mass is 79.9. The van der Waals surface area contributed by atoms with E-state index in [1.165, 1.54) is 6.07 Å². The molecule has 2 aromatic carbocycles. The summed E-state index contributed by atoms with van der Waals surface area (Å²) in [6, 6.07) is 10.3. The van der Waals surface area contributed by atoms with Crippen LogP contribution in [0.1, 0.15) is 56.1 Å². The summed E-state index contributed by atoms with van der Waals surface area (Å²) in [6.45, 7) is 3.88. The van der Waals surface area contributed by atoms with Crippen LogP contribution in [0.3, 0.4) is 0 Å². The zero-order chi connectivity index (χ0) is 23.0. The molecule has 4 rings (SSSR count). The third-order valence-corrected chi connectivity index (χ3v) is 6.38. The van der Waals surface area contributed by atoms with Gasteiger partial charge in [0.2, 0.25) is 5.91 Å². The number of benzene rings is 2. The van der Waals surface area contributed by atoms with Gasteiger partial charge in [-0.05, 0) is 67.6 Å². The molecule has 1 amide bonds. The molecule has 0 radical (unpaired) electrons. The minimum absolute atomic E-state index is 0.00604. The molecule has 1 N–H and O–H groups in total. The summed E-state index contributed by atoms with van der Waals surface area (Å²) in [5.74, 6) is -0.146. The number of carbonyl (C=O) groups excluding carboxylic acids is 2. The van der Waals surface area contributed by atoms with Crippen LogP contribution in [0.5, 0.6) is 11.5 Å². The predicted molar refractivity (Wildman–Crippen MR) is 122 cm³/mol. The Hall–Kier alpha value is -2.67. The average Bonchev–Trinajstić information content (AvgIpc) is 2.74. The first-order chi connectivity index (χ1) is 15.3. The highest BCUT2D eigenvalue weighted by molar-refractivity contribution is 9.10. The molecule has 2 unspecified atom stereocenters.